The first-order chi connectivity index (χ1) is 11.3. The van der Waals surface area contributed by atoms with E-state index in [9.17, 15) is 17.6 Å². The summed E-state index contributed by atoms with van der Waals surface area (Å²) in [7, 11) is -3.52. The van der Waals surface area contributed by atoms with Gasteiger partial charge in [-0.15, -0.1) is 0 Å². The molecule has 0 bridgehead atoms. The van der Waals surface area contributed by atoms with Gasteiger partial charge in [0.25, 0.3) is 0 Å². The van der Waals surface area contributed by atoms with Crippen LogP contribution in [-0.4, -0.2) is 44.7 Å². The number of piperidine rings is 1. The van der Waals surface area contributed by atoms with Gasteiger partial charge in [-0.1, -0.05) is 0 Å². The van der Waals surface area contributed by atoms with E-state index in [1.54, 1.807) is 17.0 Å². The molecule has 1 saturated heterocycles. The van der Waals surface area contributed by atoms with Gasteiger partial charge in [-0.25, -0.2) is 17.9 Å². The quantitative estimate of drug-likeness (QED) is 0.800. The summed E-state index contributed by atoms with van der Waals surface area (Å²) in [6.45, 7) is 1.74. The van der Waals surface area contributed by atoms with Gasteiger partial charge < -0.3 is 9.64 Å². The zero-order valence-corrected chi connectivity index (χ0v) is 14.3. The number of nitrogens with two attached hydrogens (primary N) is 1. The highest BCUT2D eigenvalue weighted by Gasteiger charge is 2.24. The van der Waals surface area contributed by atoms with E-state index in [-0.39, 0.29) is 36.2 Å². The topological polar surface area (TPSA) is 89.7 Å². The van der Waals surface area contributed by atoms with Crippen molar-refractivity contribution in [2.24, 2.45) is 11.1 Å². The molecule has 134 valence electrons. The average Bonchev–Trinajstić information content (AvgIpc) is 2.53. The summed E-state index contributed by atoms with van der Waals surface area (Å²) in [4.78, 5) is 13.9. The molecule has 1 aromatic rings. The molecule has 8 heteroatoms. The number of carbonyl (C=O) groups excluding carboxylic acids is 1. The van der Waals surface area contributed by atoms with E-state index in [1.165, 1.54) is 12.1 Å². The summed E-state index contributed by atoms with van der Waals surface area (Å²) in [6.07, 6.45) is 2.27. The Morgan fingerprint density at radius 3 is 2.71 bits per heavy atom. The first kappa shape index (κ1) is 18.7. The molecule has 0 spiro atoms. The van der Waals surface area contributed by atoms with Crippen molar-refractivity contribution in [1.82, 2.24) is 4.90 Å². The van der Waals surface area contributed by atoms with Crippen LogP contribution in [0.25, 0.3) is 0 Å². The highest BCUT2D eigenvalue weighted by atomic mass is 32.2. The van der Waals surface area contributed by atoms with Gasteiger partial charge in [0.1, 0.15) is 11.6 Å². The zero-order chi connectivity index (χ0) is 17.6. The number of sulfonamides is 1. The van der Waals surface area contributed by atoms with Crippen LogP contribution in [-0.2, 0) is 14.8 Å². The minimum absolute atomic E-state index is 0.0508. The van der Waals surface area contributed by atoms with E-state index in [0.29, 0.717) is 25.4 Å². The van der Waals surface area contributed by atoms with E-state index < -0.39 is 10.0 Å². The maximum Gasteiger partial charge on any atom is 0.222 e. The van der Waals surface area contributed by atoms with Crippen molar-refractivity contribution >= 4 is 15.9 Å². The smallest absolute Gasteiger partial charge is 0.222 e. The van der Waals surface area contributed by atoms with Crippen molar-refractivity contribution in [2.75, 3.05) is 25.4 Å². The number of carbonyl (C=O) groups is 1. The summed E-state index contributed by atoms with van der Waals surface area (Å²) in [6, 6.07) is 5.84. The van der Waals surface area contributed by atoms with Crippen LogP contribution in [0.4, 0.5) is 4.39 Å². The Morgan fingerprint density at radius 2 is 2.04 bits per heavy atom. The predicted molar refractivity (Wildman–Crippen MR) is 88.4 cm³/mol. The molecular weight excluding hydrogens is 335 g/mol. The zero-order valence-electron chi connectivity index (χ0n) is 13.5. The van der Waals surface area contributed by atoms with Gasteiger partial charge in [0.2, 0.25) is 15.9 Å². The van der Waals surface area contributed by atoms with E-state index >= 15 is 0 Å². The lowest BCUT2D eigenvalue weighted by Gasteiger charge is -2.32. The molecule has 0 unspecified atom stereocenters. The lowest BCUT2D eigenvalue weighted by molar-refractivity contribution is -0.133. The molecular formula is C16H23FN2O4S. The molecule has 1 aliphatic heterocycles. The average molecular weight is 358 g/mol. The number of halogens is 1. The van der Waals surface area contributed by atoms with Gasteiger partial charge in [-0.3, -0.25) is 4.79 Å². The Labute approximate surface area is 141 Å². The highest BCUT2D eigenvalue weighted by molar-refractivity contribution is 7.89. The largest absolute Gasteiger partial charge is 0.493 e. The summed E-state index contributed by atoms with van der Waals surface area (Å²) >= 11 is 0. The van der Waals surface area contributed by atoms with E-state index in [4.69, 9.17) is 9.88 Å². The number of benzene rings is 1. The molecule has 1 aromatic carbocycles. The van der Waals surface area contributed by atoms with Crippen molar-refractivity contribution < 1.29 is 22.3 Å². The fraction of sp³-hybridized carbons (Fsp3) is 0.562. The lowest BCUT2D eigenvalue weighted by Crippen LogP contribution is -2.41. The van der Waals surface area contributed by atoms with Gasteiger partial charge >= 0.3 is 0 Å². The maximum atomic E-state index is 12.9. The summed E-state index contributed by atoms with van der Waals surface area (Å²) in [5.41, 5.74) is 0. The summed E-state index contributed by atoms with van der Waals surface area (Å²) in [5, 5.41) is 4.93. The maximum absolute atomic E-state index is 12.9. The van der Waals surface area contributed by atoms with E-state index in [1.807, 2.05) is 0 Å². The Hall–Kier alpha value is -1.67. The number of ether oxygens (including phenoxy) is 1. The number of amides is 1. The number of rotatable bonds is 7. The number of hydrogen-bond acceptors (Lipinski definition) is 4. The molecule has 1 atom stereocenters. The van der Waals surface area contributed by atoms with Crippen LogP contribution < -0.4 is 9.88 Å². The minimum Gasteiger partial charge on any atom is -0.493 e. The first-order valence-electron chi connectivity index (χ1n) is 8.00. The third-order valence-corrected chi connectivity index (χ3v) is 4.85. The highest BCUT2D eigenvalue weighted by Crippen LogP contribution is 2.20. The van der Waals surface area contributed by atoms with E-state index in [2.05, 4.69) is 0 Å². The number of primary sulfonamides is 1. The second-order valence-corrected chi connectivity index (χ2v) is 7.82. The van der Waals surface area contributed by atoms with Crippen LogP contribution in [0.1, 0.15) is 25.7 Å². The Morgan fingerprint density at radius 1 is 1.33 bits per heavy atom. The van der Waals surface area contributed by atoms with Gasteiger partial charge in [0.15, 0.2) is 0 Å². The Bertz CT molecular complexity index is 649. The monoisotopic (exact) mass is 358 g/mol. The third-order valence-electron chi connectivity index (χ3n) is 3.99. The van der Waals surface area contributed by atoms with Crippen molar-refractivity contribution in [2.45, 2.75) is 25.7 Å². The second-order valence-electron chi connectivity index (χ2n) is 6.08. The minimum atomic E-state index is -3.52. The number of likely N-dealkylation sites (tertiary alicyclic amines) is 1. The predicted octanol–water partition coefficient (Wildman–Crippen LogP) is 1.51. The van der Waals surface area contributed by atoms with Crippen molar-refractivity contribution in [3.05, 3.63) is 30.1 Å². The Balaban J connectivity index is 1.76. The van der Waals surface area contributed by atoms with Gasteiger partial charge in [-0.05, 0) is 43.5 Å². The Kier molecular flexibility index (Phi) is 6.56. The fourth-order valence-electron chi connectivity index (χ4n) is 2.76. The molecule has 1 amide bonds. The number of nitrogens with zero attached hydrogens (tertiary/aromatic N) is 1. The third kappa shape index (κ3) is 6.45. The second kappa shape index (κ2) is 8.43. The lowest BCUT2D eigenvalue weighted by atomic mass is 9.98. The normalized spacial score (nSPS) is 18.4. The molecule has 2 N–H and O–H groups in total. The van der Waals surface area contributed by atoms with Gasteiger partial charge in [0.05, 0.1) is 12.4 Å². The van der Waals surface area contributed by atoms with Gasteiger partial charge in [-0.2, -0.15) is 0 Å². The van der Waals surface area contributed by atoms with Crippen LogP contribution >= 0.6 is 0 Å². The molecule has 0 saturated carbocycles. The fourth-order valence-corrected chi connectivity index (χ4v) is 3.30. The van der Waals surface area contributed by atoms with Crippen LogP contribution in [0.2, 0.25) is 0 Å². The molecule has 1 fully saturated rings. The van der Waals surface area contributed by atoms with Crippen LogP contribution in [0.5, 0.6) is 5.75 Å². The molecule has 1 heterocycles. The molecule has 24 heavy (non-hydrogen) atoms. The standard InChI is InChI=1S/C16H23FN2O4S/c17-14-5-7-15(8-6-14)23-12-13-3-1-9-19(11-13)16(20)4-2-10-24(18,21)22/h5-8,13H,1-4,9-12H2,(H2,18,21,22)/t13-/m0/s1. The SMILES string of the molecule is NS(=O)(=O)CCCC(=O)N1CCC[C@H](COc2ccc(F)cc2)C1. The number of hydrogen-bond donors (Lipinski definition) is 1. The van der Waals surface area contributed by atoms with Crippen LogP contribution in [0.3, 0.4) is 0 Å². The van der Waals surface area contributed by atoms with E-state index in [0.717, 1.165) is 12.8 Å². The summed E-state index contributed by atoms with van der Waals surface area (Å²) < 4.78 is 40.3. The van der Waals surface area contributed by atoms with Crippen molar-refractivity contribution in [3.8, 4) is 5.75 Å². The molecule has 2 rings (SSSR count). The van der Waals surface area contributed by atoms with Crippen molar-refractivity contribution in [3.63, 3.8) is 0 Å². The van der Waals surface area contributed by atoms with Crippen molar-refractivity contribution in [1.29, 1.82) is 0 Å². The molecule has 0 aromatic heterocycles. The molecule has 6 nitrogen and oxygen atoms in total. The molecule has 0 aliphatic carbocycles. The molecule has 0 radical (unpaired) electrons. The first-order valence-corrected chi connectivity index (χ1v) is 9.71. The molecule has 1 aliphatic rings. The summed E-state index contributed by atoms with van der Waals surface area (Å²) in [5.74, 6) is 0.282. The van der Waals surface area contributed by atoms with Crippen LogP contribution in [0, 0.1) is 11.7 Å². The van der Waals surface area contributed by atoms with Gasteiger partial charge in [0, 0.05) is 25.4 Å². The van der Waals surface area contributed by atoms with Crippen LogP contribution in [0.15, 0.2) is 24.3 Å².